The van der Waals surface area contributed by atoms with E-state index in [1.54, 1.807) is 0 Å². The number of allylic oxidation sites excluding steroid dienone is 1. The Morgan fingerprint density at radius 3 is 3.30 bits per heavy atom. The lowest BCUT2D eigenvalue weighted by Gasteiger charge is -2.08. The second-order valence-electron chi connectivity index (χ2n) is 3.33. The molecule has 0 aromatic heterocycles. The zero-order chi connectivity index (χ0) is 6.81. The molecule has 2 aliphatic rings. The normalized spacial score (nSPS) is 39.2. The monoisotopic (exact) mass is 138 g/mol. The van der Waals surface area contributed by atoms with Gasteiger partial charge in [-0.25, -0.2) is 0 Å². The highest BCUT2D eigenvalue weighted by Gasteiger charge is 2.19. The molecule has 0 saturated carbocycles. The Balaban J connectivity index is 2.11. The Kier molecular flexibility index (Phi) is 1.76. The second-order valence-corrected chi connectivity index (χ2v) is 3.33. The summed E-state index contributed by atoms with van der Waals surface area (Å²) >= 11 is 0. The molecule has 1 heteroatoms. The summed E-state index contributed by atoms with van der Waals surface area (Å²) in [6.07, 6.45) is 10.2. The summed E-state index contributed by atoms with van der Waals surface area (Å²) in [5.41, 5.74) is 0. The van der Waals surface area contributed by atoms with Crippen molar-refractivity contribution >= 4 is 0 Å². The van der Waals surface area contributed by atoms with Crippen molar-refractivity contribution in [1.82, 2.24) is 0 Å². The first kappa shape index (κ1) is 6.41. The topological polar surface area (TPSA) is 9.23 Å². The van der Waals surface area contributed by atoms with E-state index >= 15 is 0 Å². The quantitative estimate of drug-likeness (QED) is 0.466. The van der Waals surface area contributed by atoms with Crippen LogP contribution < -0.4 is 0 Å². The SMILES string of the molecule is C1=CC2CCCC(C1)CO2. The second kappa shape index (κ2) is 2.75. The molecule has 1 saturated heterocycles. The fraction of sp³-hybridized carbons (Fsp3) is 0.778. The van der Waals surface area contributed by atoms with Gasteiger partial charge in [-0.15, -0.1) is 0 Å². The van der Waals surface area contributed by atoms with Gasteiger partial charge >= 0.3 is 0 Å². The third kappa shape index (κ3) is 1.24. The molecule has 0 N–H and O–H groups in total. The van der Waals surface area contributed by atoms with Crippen molar-refractivity contribution in [2.45, 2.75) is 31.8 Å². The molecule has 2 rings (SSSR count). The van der Waals surface area contributed by atoms with Gasteiger partial charge in [0.2, 0.25) is 0 Å². The van der Waals surface area contributed by atoms with Gasteiger partial charge in [0.1, 0.15) is 0 Å². The Bertz CT molecular complexity index is 140. The number of ether oxygens (including phenoxy) is 1. The summed E-state index contributed by atoms with van der Waals surface area (Å²) in [6.45, 7) is 0.998. The molecule has 0 aromatic rings. The molecule has 2 bridgehead atoms. The van der Waals surface area contributed by atoms with Crippen LogP contribution in [0.2, 0.25) is 0 Å². The number of hydrogen-bond acceptors (Lipinski definition) is 1. The molecule has 0 aliphatic carbocycles. The molecular weight excluding hydrogens is 124 g/mol. The fourth-order valence-corrected chi connectivity index (χ4v) is 1.79. The lowest BCUT2D eigenvalue weighted by Crippen LogP contribution is -2.08. The van der Waals surface area contributed by atoms with Crippen molar-refractivity contribution in [3.05, 3.63) is 12.2 Å². The van der Waals surface area contributed by atoms with E-state index in [1.807, 2.05) is 0 Å². The van der Waals surface area contributed by atoms with Crippen molar-refractivity contribution in [3.8, 4) is 0 Å². The van der Waals surface area contributed by atoms with Gasteiger partial charge in [-0.05, 0) is 25.2 Å². The standard InChI is InChI=1S/C9H14O/c1-3-8-4-2-6-9(5-1)10-7-8/h1,5,8-9H,2-4,6-7H2. The van der Waals surface area contributed by atoms with Crippen molar-refractivity contribution in [2.24, 2.45) is 5.92 Å². The molecule has 0 amide bonds. The van der Waals surface area contributed by atoms with Gasteiger partial charge in [0.25, 0.3) is 0 Å². The van der Waals surface area contributed by atoms with E-state index in [0.29, 0.717) is 6.10 Å². The lowest BCUT2D eigenvalue weighted by atomic mass is 9.97. The molecule has 2 unspecified atom stereocenters. The van der Waals surface area contributed by atoms with E-state index in [2.05, 4.69) is 12.2 Å². The molecule has 2 atom stereocenters. The van der Waals surface area contributed by atoms with E-state index in [1.165, 1.54) is 25.7 Å². The number of hydrogen-bond donors (Lipinski definition) is 0. The minimum Gasteiger partial charge on any atom is -0.374 e. The van der Waals surface area contributed by atoms with Gasteiger partial charge in [0.15, 0.2) is 0 Å². The first-order chi connectivity index (χ1) is 4.95. The van der Waals surface area contributed by atoms with Crippen LogP contribution in [-0.4, -0.2) is 12.7 Å². The highest BCUT2D eigenvalue weighted by atomic mass is 16.5. The maximum Gasteiger partial charge on any atom is 0.0755 e. The van der Waals surface area contributed by atoms with Gasteiger partial charge in [-0.2, -0.15) is 0 Å². The number of fused-ring (bicyclic) bond motifs is 3. The average molecular weight is 138 g/mol. The molecule has 2 heterocycles. The summed E-state index contributed by atoms with van der Waals surface area (Å²) in [6, 6.07) is 0. The van der Waals surface area contributed by atoms with E-state index in [0.717, 1.165) is 12.5 Å². The van der Waals surface area contributed by atoms with Crippen molar-refractivity contribution in [1.29, 1.82) is 0 Å². The van der Waals surface area contributed by atoms with Crippen LogP contribution in [0, 0.1) is 5.92 Å². The minimum atomic E-state index is 0.451. The molecule has 0 spiro atoms. The van der Waals surface area contributed by atoms with Gasteiger partial charge in [-0.1, -0.05) is 18.6 Å². The maximum atomic E-state index is 5.64. The van der Waals surface area contributed by atoms with Crippen LogP contribution >= 0.6 is 0 Å². The molecule has 1 nitrogen and oxygen atoms in total. The lowest BCUT2D eigenvalue weighted by molar-refractivity contribution is 0.0757. The highest BCUT2D eigenvalue weighted by molar-refractivity contribution is 4.95. The van der Waals surface area contributed by atoms with Crippen LogP contribution in [0.4, 0.5) is 0 Å². The third-order valence-electron chi connectivity index (χ3n) is 2.47. The van der Waals surface area contributed by atoms with Gasteiger partial charge in [0.05, 0.1) is 12.7 Å². The minimum absolute atomic E-state index is 0.451. The molecular formula is C9H14O. The summed E-state index contributed by atoms with van der Waals surface area (Å²) in [5.74, 6) is 0.823. The predicted molar refractivity (Wildman–Crippen MR) is 40.8 cm³/mol. The Labute approximate surface area is 62.1 Å². The Morgan fingerprint density at radius 1 is 1.30 bits per heavy atom. The molecule has 2 aliphatic heterocycles. The third-order valence-corrected chi connectivity index (χ3v) is 2.47. The summed E-state index contributed by atoms with van der Waals surface area (Å²) in [4.78, 5) is 0. The van der Waals surface area contributed by atoms with E-state index < -0.39 is 0 Å². The predicted octanol–water partition coefficient (Wildman–Crippen LogP) is 2.13. The fourth-order valence-electron chi connectivity index (χ4n) is 1.79. The van der Waals surface area contributed by atoms with Crippen molar-refractivity contribution in [3.63, 3.8) is 0 Å². The Hall–Kier alpha value is -0.300. The highest BCUT2D eigenvalue weighted by Crippen LogP contribution is 2.25. The molecule has 56 valence electrons. The zero-order valence-corrected chi connectivity index (χ0v) is 6.25. The van der Waals surface area contributed by atoms with Crippen LogP contribution in [-0.2, 0) is 4.74 Å². The smallest absolute Gasteiger partial charge is 0.0755 e. The van der Waals surface area contributed by atoms with Crippen LogP contribution in [0.5, 0.6) is 0 Å². The van der Waals surface area contributed by atoms with E-state index in [9.17, 15) is 0 Å². The van der Waals surface area contributed by atoms with E-state index in [-0.39, 0.29) is 0 Å². The van der Waals surface area contributed by atoms with Crippen LogP contribution in [0.1, 0.15) is 25.7 Å². The largest absolute Gasteiger partial charge is 0.374 e. The first-order valence-corrected chi connectivity index (χ1v) is 4.23. The van der Waals surface area contributed by atoms with Gasteiger partial charge < -0.3 is 4.74 Å². The summed E-state index contributed by atoms with van der Waals surface area (Å²) in [7, 11) is 0. The van der Waals surface area contributed by atoms with Gasteiger partial charge in [-0.3, -0.25) is 0 Å². The van der Waals surface area contributed by atoms with Crippen LogP contribution in [0.25, 0.3) is 0 Å². The Morgan fingerprint density at radius 2 is 2.30 bits per heavy atom. The molecule has 0 aromatic carbocycles. The molecule has 10 heavy (non-hydrogen) atoms. The van der Waals surface area contributed by atoms with E-state index in [4.69, 9.17) is 4.74 Å². The maximum absolute atomic E-state index is 5.64. The van der Waals surface area contributed by atoms with Gasteiger partial charge in [0, 0.05) is 0 Å². The molecule has 1 fully saturated rings. The number of rotatable bonds is 0. The zero-order valence-electron chi connectivity index (χ0n) is 6.25. The van der Waals surface area contributed by atoms with Crippen molar-refractivity contribution < 1.29 is 4.74 Å². The summed E-state index contributed by atoms with van der Waals surface area (Å²) < 4.78 is 5.64. The summed E-state index contributed by atoms with van der Waals surface area (Å²) in [5, 5.41) is 0. The first-order valence-electron chi connectivity index (χ1n) is 4.23. The van der Waals surface area contributed by atoms with Crippen LogP contribution in [0.15, 0.2) is 12.2 Å². The molecule has 0 radical (unpaired) electrons. The van der Waals surface area contributed by atoms with Crippen LogP contribution in [0.3, 0.4) is 0 Å². The average Bonchev–Trinajstić information content (AvgIpc) is 2.17. The van der Waals surface area contributed by atoms with Crippen molar-refractivity contribution in [2.75, 3.05) is 6.61 Å².